The molecule has 1 heterocycles. The molecule has 1 aromatic carbocycles. The van der Waals surface area contributed by atoms with Gasteiger partial charge in [-0.1, -0.05) is 20.8 Å². The molecule has 0 spiro atoms. The van der Waals surface area contributed by atoms with E-state index in [1.807, 2.05) is 0 Å². The number of carbonyl (C=O) groups excluding carboxylic acids is 1. The molecule has 3 aliphatic rings. The van der Waals surface area contributed by atoms with Crippen LogP contribution < -0.4 is 4.74 Å². The number of ether oxygens (including phenoxy) is 1. The monoisotopic (exact) mass is 376 g/mol. The van der Waals surface area contributed by atoms with Crippen molar-refractivity contribution >= 4 is 5.78 Å². The summed E-state index contributed by atoms with van der Waals surface area (Å²) < 4.78 is 5.59. The molecule has 4 rings (SSSR count). The quantitative estimate of drug-likeness (QED) is 0.473. The van der Waals surface area contributed by atoms with Crippen LogP contribution in [0.1, 0.15) is 55.1 Å². The van der Waals surface area contributed by atoms with Gasteiger partial charge in [-0.2, -0.15) is 0 Å². The van der Waals surface area contributed by atoms with Crippen molar-refractivity contribution in [2.24, 2.45) is 5.41 Å². The van der Waals surface area contributed by atoms with Crippen molar-refractivity contribution in [3.8, 4) is 17.2 Å². The first-order valence-electron chi connectivity index (χ1n) is 9.11. The van der Waals surface area contributed by atoms with Crippen molar-refractivity contribution < 1.29 is 35.1 Å². The molecule has 7 heteroatoms. The molecule has 0 radical (unpaired) electrons. The van der Waals surface area contributed by atoms with E-state index < -0.39 is 34.6 Å². The lowest BCUT2D eigenvalue weighted by Gasteiger charge is -2.51. The number of rotatable bonds is 1. The van der Waals surface area contributed by atoms with Gasteiger partial charge in [0.15, 0.2) is 17.3 Å². The molecular weight excluding hydrogens is 352 g/mol. The van der Waals surface area contributed by atoms with Crippen molar-refractivity contribution in [1.82, 2.24) is 0 Å². The predicted molar refractivity (Wildman–Crippen MR) is 95.3 cm³/mol. The van der Waals surface area contributed by atoms with Crippen molar-refractivity contribution in [2.75, 3.05) is 6.61 Å². The van der Waals surface area contributed by atoms with Gasteiger partial charge in [0.2, 0.25) is 5.78 Å². The minimum absolute atomic E-state index is 0.0731. The average molecular weight is 376 g/mol. The summed E-state index contributed by atoms with van der Waals surface area (Å²) in [6, 6.07) is 0. The number of hydrogen-bond acceptors (Lipinski definition) is 7. The van der Waals surface area contributed by atoms with E-state index in [-0.39, 0.29) is 47.0 Å². The Balaban J connectivity index is 2.05. The fourth-order valence-corrected chi connectivity index (χ4v) is 5.20. The molecule has 0 amide bonds. The maximum atomic E-state index is 13.0. The topological polar surface area (TPSA) is 127 Å². The molecule has 5 N–H and O–H groups in total. The van der Waals surface area contributed by atoms with E-state index in [1.165, 1.54) is 0 Å². The summed E-state index contributed by atoms with van der Waals surface area (Å²) in [5, 5.41) is 52.4. The van der Waals surface area contributed by atoms with Crippen LogP contribution in [0.5, 0.6) is 17.2 Å². The molecule has 3 unspecified atom stereocenters. The maximum Gasteiger partial charge on any atom is 0.231 e. The Bertz CT molecular complexity index is 898. The molecule has 0 saturated heterocycles. The minimum Gasteiger partial charge on any atom is -0.507 e. The van der Waals surface area contributed by atoms with E-state index >= 15 is 0 Å². The molecule has 1 saturated carbocycles. The van der Waals surface area contributed by atoms with Crippen molar-refractivity contribution in [3.05, 3.63) is 28.0 Å². The van der Waals surface area contributed by atoms with Gasteiger partial charge < -0.3 is 30.3 Å². The van der Waals surface area contributed by atoms with Gasteiger partial charge in [-0.3, -0.25) is 4.79 Å². The number of allylic oxidation sites excluding steroid dienone is 1. The number of hydrogen-bond donors (Lipinski definition) is 5. The Kier molecular flexibility index (Phi) is 3.62. The zero-order valence-corrected chi connectivity index (χ0v) is 15.5. The summed E-state index contributed by atoms with van der Waals surface area (Å²) in [6.07, 6.45) is -0.423. The highest BCUT2D eigenvalue weighted by atomic mass is 16.5. The Morgan fingerprint density at radius 2 is 1.81 bits per heavy atom. The number of aliphatic hydroxyl groups is 3. The number of ketones is 1. The van der Waals surface area contributed by atoms with Gasteiger partial charge in [0.1, 0.15) is 11.9 Å². The number of phenolic OH excluding ortho intramolecular Hbond substituents is 2. The number of aliphatic hydroxyl groups excluding tert-OH is 3. The van der Waals surface area contributed by atoms with Crippen LogP contribution in [-0.4, -0.2) is 50.1 Å². The van der Waals surface area contributed by atoms with Gasteiger partial charge in [-0.05, 0) is 18.4 Å². The Hall–Kier alpha value is -2.25. The molecule has 1 aliphatic heterocycles. The number of Topliss-reactive ketones (excluding diaryl/α,β-unsaturated/α-hetero) is 1. The maximum absolute atomic E-state index is 13.0. The van der Waals surface area contributed by atoms with Crippen LogP contribution in [0.2, 0.25) is 0 Å². The number of fused-ring (bicyclic) bond motifs is 4. The summed E-state index contributed by atoms with van der Waals surface area (Å²) in [5.74, 6) is -1.76. The summed E-state index contributed by atoms with van der Waals surface area (Å²) >= 11 is 0. The molecular formula is C20H24O7. The van der Waals surface area contributed by atoms with E-state index in [2.05, 4.69) is 0 Å². The van der Waals surface area contributed by atoms with Gasteiger partial charge in [-0.15, -0.1) is 0 Å². The van der Waals surface area contributed by atoms with E-state index in [0.29, 0.717) is 18.4 Å². The zero-order chi connectivity index (χ0) is 19.9. The van der Waals surface area contributed by atoms with Crippen molar-refractivity contribution in [2.45, 2.75) is 57.7 Å². The molecule has 1 aromatic rings. The first-order chi connectivity index (χ1) is 12.6. The molecule has 7 nitrogen and oxygen atoms in total. The number of phenols is 2. The highest BCUT2D eigenvalue weighted by Crippen LogP contribution is 2.61. The predicted octanol–water partition coefficient (Wildman–Crippen LogP) is 1.84. The number of aromatic hydroxyl groups is 2. The van der Waals surface area contributed by atoms with Crippen molar-refractivity contribution in [3.63, 3.8) is 0 Å². The van der Waals surface area contributed by atoms with Crippen LogP contribution in [0.4, 0.5) is 0 Å². The van der Waals surface area contributed by atoms with Crippen LogP contribution in [0.25, 0.3) is 0 Å². The average Bonchev–Trinajstić information content (AvgIpc) is 3.05. The molecule has 27 heavy (non-hydrogen) atoms. The number of carbonyl (C=O) groups is 1. The lowest BCUT2D eigenvalue weighted by atomic mass is 9.53. The van der Waals surface area contributed by atoms with Gasteiger partial charge >= 0.3 is 0 Å². The summed E-state index contributed by atoms with van der Waals surface area (Å²) in [6.45, 7) is 5.00. The molecule has 0 aromatic heterocycles. The summed E-state index contributed by atoms with van der Waals surface area (Å²) in [5.41, 5.74) is -1.13. The second-order valence-corrected chi connectivity index (χ2v) is 8.54. The molecule has 2 aliphatic carbocycles. The van der Waals surface area contributed by atoms with E-state index in [0.717, 1.165) is 0 Å². The number of benzene rings is 1. The summed E-state index contributed by atoms with van der Waals surface area (Å²) in [7, 11) is 0. The zero-order valence-electron chi connectivity index (χ0n) is 15.5. The minimum atomic E-state index is -0.951. The highest BCUT2D eigenvalue weighted by molar-refractivity contribution is 6.13. The SMILES string of the molecule is CC12CCC(O)C(C)(C)C1=C(O)C(=O)c1c(O)c3c(c(O)c12)OC(CO)C3. The third-order valence-electron chi connectivity index (χ3n) is 6.60. The first-order valence-corrected chi connectivity index (χ1v) is 9.11. The fraction of sp³-hybridized carbons (Fsp3) is 0.550. The third kappa shape index (κ3) is 2.07. The molecule has 1 fully saturated rings. The van der Waals surface area contributed by atoms with Crippen molar-refractivity contribution in [1.29, 1.82) is 0 Å². The molecule has 0 bridgehead atoms. The van der Waals surface area contributed by atoms with E-state index in [9.17, 15) is 30.3 Å². The van der Waals surface area contributed by atoms with Crippen LogP contribution in [0.15, 0.2) is 11.3 Å². The molecule has 3 atom stereocenters. The second-order valence-electron chi connectivity index (χ2n) is 8.54. The van der Waals surface area contributed by atoms with Crippen LogP contribution in [0, 0.1) is 5.41 Å². The first kappa shape index (κ1) is 18.1. The Morgan fingerprint density at radius 1 is 1.15 bits per heavy atom. The highest BCUT2D eigenvalue weighted by Gasteiger charge is 2.56. The molecule has 146 valence electrons. The second kappa shape index (κ2) is 5.39. The van der Waals surface area contributed by atoms with Gasteiger partial charge in [0.25, 0.3) is 0 Å². The smallest absolute Gasteiger partial charge is 0.231 e. The Labute approximate surface area is 156 Å². The van der Waals surface area contributed by atoms with Crippen LogP contribution in [-0.2, 0) is 11.8 Å². The van der Waals surface area contributed by atoms with Gasteiger partial charge in [-0.25, -0.2) is 0 Å². The van der Waals surface area contributed by atoms with E-state index in [1.54, 1.807) is 20.8 Å². The van der Waals surface area contributed by atoms with Crippen LogP contribution >= 0.6 is 0 Å². The normalized spacial score (nSPS) is 31.2. The third-order valence-corrected chi connectivity index (χ3v) is 6.60. The standard InChI is InChI=1S/C20H24O7/c1-19(2)10(22)4-5-20(3)12-11(14(24)16(26)18(19)20)13(23)9-6-8(7-21)27-17(9)15(12)25/h8,10,21-23,25-26H,4-7H2,1-3H3. The fourth-order valence-electron chi connectivity index (χ4n) is 5.20. The lowest BCUT2D eigenvalue weighted by molar-refractivity contribution is 0.0231. The van der Waals surface area contributed by atoms with Crippen LogP contribution in [0.3, 0.4) is 0 Å². The van der Waals surface area contributed by atoms with Gasteiger partial charge in [0.05, 0.1) is 18.3 Å². The van der Waals surface area contributed by atoms with E-state index in [4.69, 9.17) is 4.74 Å². The lowest BCUT2D eigenvalue weighted by Crippen LogP contribution is -2.49. The Morgan fingerprint density at radius 3 is 2.44 bits per heavy atom. The van der Waals surface area contributed by atoms with Gasteiger partial charge in [0, 0.05) is 28.4 Å². The largest absolute Gasteiger partial charge is 0.507 e. The summed E-state index contributed by atoms with van der Waals surface area (Å²) in [4.78, 5) is 13.0.